The summed E-state index contributed by atoms with van der Waals surface area (Å²) in [6, 6.07) is 0. The van der Waals surface area contributed by atoms with Crippen LogP contribution >= 0.6 is 12.6 Å². The summed E-state index contributed by atoms with van der Waals surface area (Å²) >= 11 is 4.36. The number of hydrogen-bond donors (Lipinski definition) is 3. The van der Waals surface area contributed by atoms with Crippen LogP contribution in [0.2, 0.25) is 0 Å². The Morgan fingerprint density at radius 2 is 2.56 bits per heavy atom. The topological polar surface area (TPSA) is 32.3 Å². The monoisotopic (exact) mass is 147 g/mol. The molecule has 1 aliphatic rings. The van der Waals surface area contributed by atoms with Crippen molar-refractivity contribution in [3.05, 3.63) is 0 Å². The highest BCUT2D eigenvalue weighted by Crippen LogP contribution is 2.26. The number of aliphatic hydroxyl groups excluding tert-OH is 1. The SMILES string of the molecule is CCC1(S)CNCC1O. The summed E-state index contributed by atoms with van der Waals surface area (Å²) in [5.41, 5.74) is 0. The van der Waals surface area contributed by atoms with Crippen LogP contribution in [-0.2, 0) is 0 Å². The van der Waals surface area contributed by atoms with Gasteiger partial charge in [-0.2, -0.15) is 12.6 Å². The van der Waals surface area contributed by atoms with Crippen molar-refractivity contribution >= 4 is 12.6 Å². The number of nitrogens with one attached hydrogen (secondary N) is 1. The van der Waals surface area contributed by atoms with Crippen LogP contribution in [0.3, 0.4) is 0 Å². The highest BCUT2D eigenvalue weighted by molar-refractivity contribution is 7.82. The molecule has 1 rings (SSSR count). The van der Waals surface area contributed by atoms with Crippen LogP contribution in [0, 0.1) is 0 Å². The van der Waals surface area contributed by atoms with Gasteiger partial charge in [0.15, 0.2) is 0 Å². The summed E-state index contributed by atoms with van der Waals surface area (Å²) in [7, 11) is 0. The largest absolute Gasteiger partial charge is 0.390 e. The molecule has 1 saturated heterocycles. The van der Waals surface area contributed by atoms with Crippen LogP contribution in [0.4, 0.5) is 0 Å². The summed E-state index contributed by atoms with van der Waals surface area (Å²) in [6.07, 6.45) is 0.649. The summed E-state index contributed by atoms with van der Waals surface area (Å²) in [6.45, 7) is 3.56. The van der Waals surface area contributed by atoms with Crippen LogP contribution in [0.25, 0.3) is 0 Å². The van der Waals surface area contributed by atoms with Crippen molar-refractivity contribution in [2.45, 2.75) is 24.2 Å². The second kappa shape index (κ2) is 2.48. The van der Waals surface area contributed by atoms with Gasteiger partial charge < -0.3 is 10.4 Å². The quantitative estimate of drug-likeness (QED) is 0.457. The van der Waals surface area contributed by atoms with E-state index in [0.29, 0.717) is 6.54 Å². The van der Waals surface area contributed by atoms with E-state index in [1.54, 1.807) is 0 Å². The van der Waals surface area contributed by atoms with Gasteiger partial charge in [0.25, 0.3) is 0 Å². The first kappa shape index (κ1) is 7.38. The van der Waals surface area contributed by atoms with E-state index in [0.717, 1.165) is 13.0 Å². The van der Waals surface area contributed by atoms with E-state index in [1.807, 2.05) is 6.92 Å². The Bertz CT molecular complexity index is 109. The minimum atomic E-state index is -0.272. The van der Waals surface area contributed by atoms with Gasteiger partial charge in [-0.25, -0.2) is 0 Å². The maximum atomic E-state index is 9.31. The smallest absolute Gasteiger partial charge is 0.0820 e. The van der Waals surface area contributed by atoms with Crippen molar-refractivity contribution < 1.29 is 5.11 Å². The summed E-state index contributed by atoms with van der Waals surface area (Å²) in [4.78, 5) is 0. The van der Waals surface area contributed by atoms with Crippen LogP contribution in [0.1, 0.15) is 13.3 Å². The predicted molar refractivity (Wildman–Crippen MR) is 40.9 cm³/mol. The molecule has 1 heterocycles. The Morgan fingerprint density at radius 3 is 2.78 bits per heavy atom. The van der Waals surface area contributed by atoms with Crippen molar-refractivity contribution in [1.29, 1.82) is 0 Å². The van der Waals surface area contributed by atoms with Crippen molar-refractivity contribution in [3.63, 3.8) is 0 Å². The van der Waals surface area contributed by atoms with E-state index in [1.165, 1.54) is 0 Å². The van der Waals surface area contributed by atoms with E-state index in [9.17, 15) is 5.11 Å². The van der Waals surface area contributed by atoms with Gasteiger partial charge in [-0.05, 0) is 6.42 Å². The van der Waals surface area contributed by atoms with Gasteiger partial charge in [0.2, 0.25) is 0 Å². The van der Waals surface area contributed by atoms with Crippen molar-refractivity contribution in [2.24, 2.45) is 0 Å². The lowest BCUT2D eigenvalue weighted by atomic mass is 10.0. The number of β-amino-alcohol motifs (C(OH)–C–C–N with tert-alkyl or cyclic N) is 1. The zero-order valence-corrected chi connectivity index (χ0v) is 6.49. The van der Waals surface area contributed by atoms with E-state index in [-0.39, 0.29) is 10.9 Å². The van der Waals surface area contributed by atoms with Gasteiger partial charge in [0.05, 0.1) is 10.9 Å². The molecule has 3 heteroatoms. The molecule has 9 heavy (non-hydrogen) atoms. The fourth-order valence-corrected chi connectivity index (χ4v) is 1.30. The molecule has 0 aliphatic carbocycles. The van der Waals surface area contributed by atoms with Gasteiger partial charge in [-0.3, -0.25) is 0 Å². The summed E-state index contributed by atoms with van der Waals surface area (Å²) in [5, 5.41) is 12.4. The Hall–Kier alpha value is 0.270. The van der Waals surface area contributed by atoms with Crippen LogP contribution in [-0.4, -0.2) is 29.0 Å². The number of aliphatic hydroxyl groups is 1. The highest BCUT2D eigenvalue weighted by atomic mass is 32.1. The number of thiol groups is 1. The zero-order chi connectivity index (χ0) is 6.91. The van der Waals surface area contributed by atoms with E-state index in [2.05, 4.69) is 17.9 Å². The lowest BCUT2D eigenvalue weighted by molar-refractivity contribution is 0.163. The molecule has 0 aromatic rings. The lowest BCUT2D eigenvalue weighted by Gasteiger charge is -2.23. The molecule has 0 aromatic carbocycles. The molecule has 0 aromatic heterocycles. The Labute approximate surface area is 61.1 Å². The van der Waals surface area contributed by atoms with Gasteiger partial charge in [-0.15, -0.1) is 0 Å². The first-order valence-corrected chi connectivity index (χ1v) is 3.75. The Kier molecular flexibility index (Phi) is 2.03. The molecule has 0 radical (unpaired) electrons. The Morgan fingerprint density at radius 1 is 1.89 bits per heavy atom. The second-order valence-electron chi connectivity index (χ2n) is 2.60. The van der Waals surface area contributed by atoms with Crippen molar-refractivity contribution in [3.8, 4) is 0 Å². The zero-order valence-electron chi connectivity index (χ0n) is 5.59. The van der Waals surface area contributed by atoms with E-state index >= 15 is 0 Å². The van der Waals surface area contributed by atoms with Gasteiger partial charge in [-0.1, -0.05) is 6.92 Å². The third-order valence-corrected chi connectivity index (χ3v) is 2.77. The van der Waals surface area contributed by atoms with E-state index in [4.69, 9.17) is 0 Å². The molecule has 0 spiro atoms. The molecule has 2 unspecified atom stereocenters. The predicted octanol–water partition coefficient (Wildman–Crippen LogP) is 0.0291. The maximum Gasteiger partial charge on any atom is 0.0820 e. The summed E-state index contributed by atoms with van der Waals surface area (Å²) < 4.78 is -0.167. The molecule has 0 bridgehead atoms. The Balaban J connectivity index is 2.56. The van der Waals surface area contributed by atoms with Gasteiger partial charge in [0, 0.05) is 13.1 Å². The molecule has 2 nitrogen and oxygen atoms in total. The van der Waals surface area contributed by atoms with Crippen molar-refractivity contribution in [2.75, 3.05) is 13.1 Å². The third-order valence-electron chi connectivity index (χ3n) is 2.00. The molecule has 54 valence electrons. The maximum absolute atomic E-state index is 9.31. The lowest BCUT2D eigenvalue weighted by Crippen LogP contribution is -2.34. The molecule has 1 aliphatic heterocycles. The molecule has 1 fully saturated rings. The molecule has 0 saturated carbocycles. The average molecular weight is 147 g/mol. The normalized spacial score (nSPS) is 43.7. The van der Waals surface area contributed by atoms with Crippen LogP contribution in [0.5, 0.6) is 0 Å². The van der Waals surface area contributed by atoms with Gasteiger partial charge >= 0.3 is 0 Å². The average Bonchev–Trinajstić information content (AvgIpc) is 2.15. The minimum Gasteiger partial charge on any atom is -0.390 e. The standard InChI is InChI=1S/C6H13NOS/c1-2-6(9)4-7-3-5(6)8/h5,7-9H,2-4H2,1H3. The number of hydrogen-bond acceptors (Lipinski definition) is 3. The highest BCUT2D eigenvalue weighted by Gasteiger charge is 2.36. The minimum absolute atomic E-state index is 0.167. The fourth-order valence-electron chi connectivity index (χ4n) is 1.09. The third kappa shape index (κ3) is 1.23. The molecule has 2 N–H and O–H groups in total. The van der Waals surface area contributed by atoms with Crippen LogP contribution < -0.4 is 5.32 Å². The summed E-state index contributed by atoms with van der Waals surface area (Å²) in [5.74, 6) is 0. The first-order valence-electron chi connectivity index (χ1n) is 3.30. The van der Waals surface area contributed by atoms with Crippen LogP contribution in [0.15, 0.2) is 0 Å². The first-order chi connectivity index (χ1) is 4.19. The molecule has 2 atom stereocenters. The van der Waals surface area contributed by atoms with E-state index < -0.39 is 0 Å². The fraction of sp³-hybridized carbons (Fsp3) is 1.00. The second-order valence-corrected chi connectivity index (χ2v) is 3.49. The number of rotatable bonds is 1. The molecule has 0 amide bonds. The van der Waals surface area contributed by atoms with Gasteiger partial charge in [0.1, 0.15) is 0 Å². The molecular formula is C6H13NOS. The van der Waals surface area contributed by atoms with Crippen molar-refractivity contribution in [1.82, 2.24) is 5.32 Å². The molecular weight excluding hydrogens is 134 g/mol.